The van der Waals surface area contributed by atoms with Crippen LogP contribution in [-0.2, 0) is 0 Å². The summed E-state index contributed by atoms with van der Waals surface area (Å²) in [6.45, 7) is 16.0. The monoisotopic (exact) mass is 384 g/mol. The summed E-state index contributed by atoms with van der Waals surface area (Å²) in [5.74, 6) is 0.122. The highest BCUT2D eigenvalue weighted by Crippen LogP contribution is 2.25. The molecule has 1 unspecified atom stereocenters. The summed E-state index contributed by atoms with van der Waals surface area (Å²) < 4.78 is 1.76. The van der Waals surface area contributed by atoms with E-state index in [-0.39, 0.29) is 5.92 Å². The second-order valence-electron chi connectivity index (χ2n) is 6.37. The van der Waals surface area contributed by atoms with Crippen LogP contribution in [0.25, 0.3) is 5.65 Å². The Morgan fingerprint density at radius 1 is 1.41 bits per heavy atom. The maximum absolute atomic E-state index is 4.57. The lowest BCUT2D eigenvalue weighted by atomic mass is 10.1. The van der Waals surface area contributed by atoms with Gasteiger partial charge in [-0.25, -0.2) is 9.50 Å². The van der Waals surface area contributed by atoms with Gasteiger partial charge in [-0.3, -0.25) is 9.98 Å². The van der Waals surface area contributed by atoms with E-state index in [9.17, 15) is 0 Å². The van der Waals surface area contributed by atoms with Crippen molar-refractivity contribution in [2.45, 2.75) is 26.7 Å². The van der Waals surface area contributed by atoms with Gasteiger partial charge in [0.25, 0.3) is 0 Å². The van der Waals surface area contributed by atoms with Crippen LogP contribution >= 0.6 is 11.8 Å². The van der Waals surface area contributed by atoms with Gasteiger partial charge < -0.3 is 5.32 Å². The van der Waals surface area contributed by atoms with Gasteiger partial charge in [-0.1, -0.05) is 17.8 Å². The van der Waals surface area contributed by atoms with E-state index in [2.05, 4.69) is 52.5 Å². The number of aliphatic imine (C=N–C) groups is 2. The molecule has 0 amide bonds. The fourth-order valence-electron chi connectivity index (χ4n) is 2.59. The molecular weight excluding hydrogens is 356 g/mol. The van der Waals surface area contributed by atoms with Gasteiger partial charge >= 0.3 is 0 Å². The number of rotatable bonds is 6. The molecule has 2 aromatic rings. The average Bonchev–Trinajstić information content (AvgIpc) is 3.04. The first-order valence-electron chi connectivity index (χ1n) is 8.88. The quantitative estimate of drug-likeness (QED) is 0.610. The van der Waals surface area contributed by atoms with Crippen LogP contribution < -0.4 is 5.32 Å². The number of likely N-dealkylation sites (N-methyl/N-ethyl adjacent to an activating group) is 1. The van der Waals surface area contributed by atoms with Crippen molar-refractivity contribution in [3.63, 3.8) is 0 Å². The summed E-state index contributed by atoms with van der Waals surface area (Å²) in [5.41, 5.74) is 4.30. The van der Waals surface area contributed by atoms with Crippen molar-refractivity contribution >= 4 is 29.2 Å². The van der Waals surface area contributed by atoms with Crippen LogP contribution in [0.1, 0.15) is 31.0 Å². The van der Waals surface area contributed by atoms with Gasteiger partial charge in [-0.05, 0) is 46.2 Å². The van der Waals surface area contributed by atoms with Gasteiger partial charge in [0.1, 0.15) is 0 Å². The Kier molecular flexibility index (Phi) is 7.94. The number of hydrogen-bond acceptors (Lipinski definition) is 6. The Labute approximate surface area is 165 Å². The van der Waals surface area contributed by atoms with Crippen molar-refractivity contribution in [2.24, 2.45) is 9.98 Å². The first kappa shape index (κ1) is 21.1. The third-order valence-corrected chi connectivity index (χ3v) is 5.34. The molecule has 7 heteroatoms. The Bertz CT molecular complexity index is 864. The molecule has 144 valence electrons. The van der Waals surface area contributed by atoms with Crippen LogP contribution in [0.4, 0.5) is 0 Å². The number of thioether (sulfide) groups is 1. The first-order valence-corrected chi connectivity index (χ1v) is 9.69. The summed E-state index contributed by atoms with van der Waals surface area (Å²) in [4.78, 5) is 14.2. The molecule has 0 saturated heterocycles. The molecule has 6 nitrogen and oxygen atoms in total. The predicted molar refractivity (Wildman–Crippen MR) is 117 cm³/mol. The Morgan fingerprint density at radius 2 is 2.19 bits per heavy atom. The molecule has 3 rings (SSSR count). The van der Waals surface area contributed by atoms with Crippen molar-refractivity contribution in [3.05, 3.63) is 52.9 Å². The van der Waals surface area contributed by atoms with E-state index in [4.69, 9.17) is 0 Å². The van der Waals surface area contributed by atoms with Gasteiger partial charge in [-0.2, -0.15) is 5.10 Å². The van der Waals surface area contributed by atoms with Gasteiger partial charge in [0.05, 0.1) is 30.0 Å². The van der Waals surface area contributed by atoms with Gasteiger partial charge in [0.2, 0.25) is 0 Å². The maximum atomic E-state index is 4.57. The van der Waals surface area contributed by atoms with E-state index >= 15 is 0 Å². The molecule has 0 saturated carbocycles. The fourth-order valence-corrected chi connectivity index (χ4v) is 3.54. The zero-order valence-electron chi connectivity index (χ0n) is 16.6. The smallest absolute Gasteiger partial charge is 0.158 e. The van der Waals surface area contributed by atoms with E-state index in [0.29, 0.717) is 6.54 Å². The van der Waals surface area contributed by atoms with Crippen LogP contribution in [0, 0.1) is 6.92 Å². The molecule has 2 aromatic heterocycles. The lowest BCUT2D eigenvalue weighted by Gasteiger charge is -2.14. The van der Waals surface area contributed by atoms with E-state index in [0.717, 1.165) is 30.0 Å². The van der Waals surface area contributed by atoms with Gasteiger partial charge in [0.15, 0.2) is 5.65 Å². The highest BCUT2D eigenvalue weighted by Gasteiger charge is 2.10. The molecule has 1 aliphatic heterocycles. The molecule has 0 bridgehead atoms. The zero-order valence-corrected chi connectivity index (χ0v) is 17.4. The molecule has 1 atom stereocenters. The summed E-state index contributed by atoms with van der Waals surface area (Å²) in [6.07, 6.45) is 5.56. The Hall–Kier alpha value is -2.25. The molecule has 0 aromatic carbocycles. The van der Waals surface area contributed by atoms with Crippen LogP contribution in [0.5, 0.6) is 0 Å². The standard InChI is InChI=1S/C12H14N4.C8H14N2S/c1-4-10(8-13-3)11-5-6-16-12(15-11)9(2)7-14-16;1-6-4-10-7(2)11-8(6)5-9-3/h4-7,10H,1,3,8H2,2H3;9H,4-5H2,1-3H3. The normalized spacial score (nSPS) is 15.0. The maximum Gasteiger partial charge on any atom is 0.158 e. The summed E-state index contributed by atoms with van der Waals surface area (Å²) >= 11 is 1.79. The molecule has 1 aliphatic rings. The highest BCUT2D eigenvalue weighted by atomic mass is 32.2. The third kappa shape index (κ3) is 5.61. The third-order valence-electron chi connectivity index (χ3n) is 4.18. The largest absolute Gasteiger partial charge is 0.315 e. The molecule has 1 N–H and O–H groups in total. The average molecular weight is 385 g/mol. The number of aromatic nitrogens is 3. The molecule has 0 aliphatic carbocycles. The van der Waals surface area contributed by atoms with Crippen molar-refractivity contribution < 1.29 is 0 Å². The van der Waals surface area contributed by atoms with E-state index in [1.807, 2.05) is 32.3 Å². The second kappa shape index (κ2) is 10.2. The minimum Gasteiger partial charge on any atom is -0.315 e. The zero-order chi connectivity index (χ0) is 19.8. The lowest BCUT2D eigenvalue weighted by Crippen LogP contribution is -2.13. The van der Waals surface area contributed by atoms with E-state index < -0.39 is 0 Å². The Morgan fingerprint density at radius 3 is 2.85 bits per heavy atom. The van der Waals surface area contributed by atoms with Gasteiger partial charge in [0, 0.05) is 29.1 Å². The van der Waals surface area contributed by atoms with Crippen LogP contribution in [0.2, 0.25) is 0 Å². The SMILES string of the molecule is C=CC(CN=C)c1ccn2ncc(C)c2n1.CNCC1=C(C)CN=C(C)S1. The summed E-state index contributed by atoms with van der Waals surface area (Å²) in [5, 5.41) is 8.52. The van der Waals surface area contributed by atoms with Crippen LogP contribution in [0.3, 0.4) is 0 Å². The number of nitrogens with zero attached hydrogens (tertiary/aromatic N) is 5. The lowest BCUT2D eigenvalue weighted by molar-refractivity contribution is 0.808. The number of nitrogens with one attached hydrogen (secondary N) is 1. The summed E-state index contributed by atoms with van der Waals surface area (Å²) in [6, 6.07) is 1.94. The number of fused-ring (bicyclic) bond motifs is 1. The highest BCUT2D eigenvalue weighted by molar-refractivity contribution is 8.17. The van der Waals surface area contributed by atoms with E-state index in [1.54, 1.807) is 22.5 Å². The molecule has 0 radical (unpaired) electrons. The topological polar surface area (TPSA) is 66.9 Å². The molecule has 0 fully saturated rings. The molecular formula is C20H28N6S. The van der Waals surface area contributed by atoms with Gasteiger partial charge in [-0.15, -0.1) is 6.58 Å². The Balaban J connectivity index is 0.000000208. The van der Waals surface area contributed by atoms with Crippen LogP contribution in [0.15, 0.2) is 51.6 Å². The van der Waals surface area contributed by atoms with E-state index in [1.165, 1.54) is 15.5 Å². The number of hydrogen-bond donors (Lipinski definition) is 1. The predicted octanol–water partition coefficient (Wildman–Crippen LogP) is 3.65. The summed E-state index contributed by atoms with van der Waals surface area (Å²) in [7, 11) is 1.97. The molecule has 3 heterocycles. The number of aryl methyl sites for hydroxylation is 1. The van der Waals surface area contributed by atoms with Crippen molar-refractivity contribution in [1.82, 2.24) is 19.9 Å². The minimum absolute atomic E-state index is 0.122. The van der Waals surface area contributed by atoms with Crippen molar-refractivity contribution in [3.8, 4) is 0 Å². The second-order valence-corrected chi connectivity index (χ2v) is 7.66. The van der Waals surface area contributed by atoms with Crippen LogP contribution in [-0.4, -0.2) is 53.0 Å². The van der Waals surface area contributed by atoms with Crippen molar-refractivity contribution in [2.75, 3.05) is 26.7 Å². The minimum atomic E-state index is 0.122. The fraction of sp³-hybridized carbons (Fsp3) is 0.400. The molecule has 27 heavy (non-hydrogen) atoms. The van der Waals surface area contributed by atoms with Crippen molar-refractivity contribution in [1.29, 1.82) is 0 Å². The molecule has 0 spiro atoms. The first-order chi connectivity index (χ1) is 13.0.